The molecule has 0 aromatic rings. The van der Waals surface area contributed by atoms with Crippen molar-refractivity contribution in [3.8, 4) is 0 Å². The summed E-state index contributed by atoms with van der Waals surface area (Å²) in [6, 6.07) is 0. The molecule has 2 saturated heterocycles. The number of alkyl halides is 1. The third kappa shape index (κ3) is 5.67. The molecule has 2 nitrogen and oxygen atoms in total. The standard InChI is InChI=1S/C11H22FN.C10H21N.C2H6/c1-5-11(9(3)4)7-10(12)8-13(11)6-2;1-4-10(5-2)8-7-9-11(10)6-3;1-2/h9-10H,5-8H2,1-4H3;4-9H2,1-3H3;1-2H3. The van der Waals surface area contributed by atoms with Gasteiger partial charge < -0.3 is 0 Å². The average Bonchev–Trinajstić information content (AvgIpc) is 3.24. The van der Waals surface area contributed by atoms with Crippen LogP contribution in [0.25, 0.3) is 0 Å². The molecule has 2 rings (SSSR count). The molecule has 0 N–H and O–H groups in total. The van der Waals surface area contributed by atoms with Crippen molar-refractivity contribution in [2.75, 3.05) is 26.2 Å². The van der Waals surface area contributed by atoms with Crippen LogP contribution in [0.4, 0.5) is 4.39 Å². The Kier molecular flexibility index (Phi) is 12.3. The molecule has 3 heteroatoms. The number of halogens is 1. The highest BCUT2D eigenvalue weighted by Crippen LogP contribution is 2.39. The van der Waals surface area contributed by atoms with Crippen LogP contribution in [0.3, 0.4) is 0 Å². The normalized spacial score (nSPS) is 28.5. The van der Waals surface area contributed by atoms with Gasteiger partial charge >= 0.3 is 0 Å². The molecule has 0 saturated carbocycles. The van der Waals surface area contributed by atoms with Gasteiger partial charge in [-0.3, -0.25) is 9.80 Å². The molecular formula is C23H49FN2. The summed E-state index contributed by atoms with van der Waals surface area (Å²) in [6.45, 7) is 23.9. The first-order chi connectivity index (χ1) is 12.4. The molecule has 26 heavy (non-hydrogen) atoms. The first kappa shape index (κ1) is 25.9. The second-order valence-corrected chi connectivity index (χ2v) is 8.07. The average molecular weight is 373 g/mol. The van der Waals surface area contributed by atoms with Gasteiger partial charge in [-0.05, 0) is 64.1 Å². The molecule has 0 radical (unpaired) electrons. The zero-order chi connectivity index (χ0) is 20.4. The Morgan fingerprint density at radius 2 is 1.46 bits per heavy atom. The fourth-order valence-corrected chi connectivity index (χ4v) is 5.36. The molecule has 0 aromatic heterocycles. The van der Waals surface area contributed by atoms with Crippen LogP contribution in [-0.2, 0) is 0 Å². The maximum Gasteiger partial charge on any atom is 0.115 e. The summed E-state index contributed by atoms with van der Waals surface area (Å²) in [6.07, 6.45) is 6.69. The Labute approximate surface area is 164 Å². The van der Waals surface area contributed by atoms with Crippen molar-refractivity contribution in [1.82, 2.24) is 9.80 Å². The number of hydrogen-bond acceptors (Lipinski definition) is 2. The van der Waals surface area contributed by atoms with Crippen LogP contribution in [0.2, 0.25) is 0 Å². The second kappa shape index (κ2) is 12.3. The summed E-state index contributed by atoms with van der Waals surface area (Å²) < 4.78 is 13.4. The molecule has 0 aliphatic carbocycles. The third-order valence-electron chi connectivity index (χ3n) is 7.13. The molecule has 2 aliphatic heterocycles. The van der Waals surface area contributed by atoms with Crippen molar-refractivity contribution in [3.63, 3.8) is 0 Å². The quantitative estimate of drug-likeness (QED) is 0.522. The minimum atomic E-state index is -0.609. The molecule has 2 unspecified atom stereocenters. The van der Waals surface area contributed by atoms with Gasteiger partial charge in [0.15, 0.2) is 0 Å². The molecule has 0 aromatic carbocycles. The SMILES string of the molecule is CC.CCN1CC(F)CC1(CC)C(C)C.CCN1CCCC1(CC)CC. The van der Waals surface area contributed by atoms with Gasteiger partial charge in [-0.2, -0.15) is 0 Å². The lowest BCUT2D eigenvalue weighted by Crippen LogP contribution is -2.47. The van der Waals surface area contributed by atoms with E-state index in [1.54, 1.807) is 0 Å². The van der Waals surface area contributed by atoms with Gasteiger partial charge in [-0.25, -0.2) is 4.39 Å². The van der Waals surface area contributed by atoms with Crippen LogP contribution in [0.5, 0.6) is 0 Å². The topological polar surface area (TPSA) is 6.48 Å². The van der Waals surface area contributed by atoms with Gasteiger partial charge in [-0.15, -0.1) is 0 Å². The number of likely N-dealkylation sites (tertiary alicyclic amines) is 2. The van der Waals surface area contributed by atoms with Crippen molar-refractivity contribution < 1.29 is 4.39 Å². The fraction of sp³-hybridized carbons (Fsp3) is 1.00. The predicted octanol–water partition coefficient (Wildman–Crippen LogP) is 6.54. The summed E-state index contributed by atoms with van der Waals surface area (Å²) in [5.74, 6) is 0.554. The van der Waals surface area contributed by atoms with Crippen LogP contribution in [0, 0.1) is 5.92 Å². The van der Waals surface area contributed by atoms with E-state index < -0.39 is 6.17 Å². The third-order valence-corrected chi connectivity index (χ3v) is 7.13. The Hall–Kier alpha value is -0.150. The van der Waals surface area contributed by atoms with Crippen molar-refractivity contribution in [1.29, 1.82) is 0 Å². The summed E-state index contributed by atoms with van der Waals surface area (Å²) >= 11 is 0. The molecule has 0 bridgehead atoms. The summed E-state index contributed by atoms with van der Waals surface area (Å²) in [7, 11) is 0. The predicted molar refractivity (Wildman–Crippen MR) is 116 cm³/mol. The van der Waals surface area contributed by atoms with E-state index in [1.807, 2.05) is 13.8 Å². The minimum absolute atomic E-state index is 0.133. The lowest BCUT2D eigenvalue weighted by atomic mass is 9.81. The minimum Gasteiger partial charge on any atom is -0.298 e. The van der Waals surface area contributed by atoms with Gasteiger partial charge in [-0.1, -0.05) is 62.3 Å². The number of hydrogen-bond donors (Lipinski definition) is 0. The van der Waals surface area contributed by atoms with Crippen LogP contribution < -0.4 is 0 Å². The molecule has 2 atom stereocenters. The van der Waals surface area contributed by atoms with E-state index in [0.717, 1.165) is 19.4 Å². The lowest BCUT2D eigenvalue weighted by molar-refractivity contribution is 0.0882. The Bertz CT molecular complexity index is 354. The maximum absolute atomic E-state index is 13.4. The highest BCUT2D eigenvalue weighted by Gasteiger charge is 2.45. The highest BCUT2D eigenvalue weighted by molar-refractivity contribution is 5.00. The monoisotopic (exact) mass is 372 g/mol. The van der Waals surface area contributed by atoms with E-state index >= 15 is 0 Å². The summed E-state index contributed by atoms with van der Waals surface area (Å²) in [4.78, 5) is 4.98. The smallest absolute Gasteiger partial charge is 0.115 e. The number of nitrogens with zero attached hydrogens (tertiary/aromatic N) is 2. The zero-order valence-corrected chi connectivity index (χ0v) is 19.5. The van der Waals surface area contributed by atoms with Gasteiger partial charge in [0.2, 0.25) is 0 Å². The molecule has 0 spiro atoms. The van der Waals surface area contributed by atoms with Crippen molar-refractivity contribution >= 4 is 0 Å². The van der Waals surface area contributed by atoms with Crippen LogP contribution in [0.15, 0.2) is 0 Å². The van der Waals surface area contributed by atoms with Crippen molar-refractivity contribution in [2.24, 2.45) is 5.92 Å². The van der Waals surface area contributed by atoms with Gasteiger partial charge in [0, 0.05) is 17.6 Å². The van der Waals surface area contributed by atoms with E-state index in [9.17, 15) is 4.39 Å². The Morgan fingerprint density at radius 3 is 1.77 bits per heavy atom. The lowest BCUT2D eigenvalue weighted by Gasteiger charge is -2.40. The second-order valence-electron chi connectivity index (χ2n) is 8.07. The molecule has 2 aliphatic rings. The Balaban J connectivity index is 0.000000444. The molecular weight excluding hydrogens is 323 g/mol. The van der Waals surface area contributed by atoms with E-state index in [0.29, 0.717) is 18.0 Å². The first-order valence-electron chi connectivity index (χ1n) is 11.5. The van der Waals surface area contributed by atoms with Gasteiger partial charge in [0.05, 0.1) is 0 Å². The molecule has 2 heterocycles. The number of rotatable bonds is 6. The summed E-state index contributed by atoms with van der Waals surface area (Å²) in [5.41, 5.74) is 0.711. The molecule has 2 fully saturated rings. The van der Waals surface area contributed by atoms with Gasteiger partial charge in [0.25, 0.3) is 0 Å². The van der Waals surface area contributed by atoms with E-state index in [-0.39, 0.29) is 5.54 Å². The molecule has 0 amide bonds. The maximum atomic E-state index is 13.4. The largest absolute Gasteiger partial charge is 0.298 e. The zero-order valence-electron chi connectivity index (χ0n) is 19.5. The van der Waals surface area contributed by atoms with Crippen molar-refractivity contribution in [3.05, 3.63) is 0 Å². The van der Waals surface area contributed by atoms with E-state index in [1.165, 1.54) is 38.8 Å². The summed E-state index contributed by atoms with van der Waals surface area (Å²) in [5, 5.41) is 0. The van der Waals surface area contributed by atoms with E-state index in [2.05, 4.69) is 58.3 Å². The van der Waals surface area contributed by atoms with Crippen LogP contribution >= 0.6 is 0 Å². The van der Waals surface area contributed by atoms with Crippen molar-refractivity contribution in [2.45, 2.75) is 118 Å². The van der Waals surface area contributed by atoms with Crippen LogP contribution in [-0.4, -0.2) is 53.2 Å². The van der Waals surface area contributed by atoms with Crippen LogP contribution in [0.1, 0.15) is 101 Å². The first-order valence-corrected chi connectivity index (χ1v) is 11.5. The van der Waals surface area contributed by atoms with Gasteiger partial charge in [0.1, 0.15) is 6.17 Å². The fourth-order valence-electron chi connectivity index (χ4n) is 5.36. The highest BCUT2D eigenvalue weighted by atomic mass is 19.1. The molecule has 158 valence electrons. The van der Waals surface area contributed by atoms with E-state index in [4.69, 9.17) is 0 Å². The Morgan fingerprint density at radius 1 is 0.923 bits per heavy atom.